The van der Waals surface area contributed by atoms with Crippen LogP contribution in [0, 0.1) is 13.8 Å². The number of nitrogens with one attached hydrogen (secondary N) is 1. The maximum atomic E-state index is 4.65. The number of aromatic nitrogens is 2. The lowest BCUT2D eigenvalue weighted by Crippen LogP contribution is -2.13. The fourth-order valence-corrected chi connectivity index (χ4v) is 2.42. The SMILES string of the molecule is CCNCc1c(C)nn(Cc2ccc(Br)cc2)c1C. The normalized spacial score (nSPS) is 10.9. The van der Waals surface area contributed by atoms with Gasteiger partial charge in [0.1, 0.15) is 0 Å². The molecule has 1 heterocycles. The Kier molecular flexibility index (Phi) is 4.77. The summed E-state index contributed by atoms with van der Waals surface area (Å²) in [7, 11) is 0. The number of halogens is 1. The lowest BCUT2D eigenvalue weighted by molar-refractivity contribution is 0.655. The van der Waals surface area contributed by atoms with Crippen LogP contribution in [0.25, 0.3) is 0 Å². The molecule has 0 saturated heterocycles. The van der Waals surface area contributed by atoms with E-state index in [4.69, 9.17) is 0 Å². The average Bonchev–Trinajstić information content (AvgIpc) is 2.65. The number of rotatable bonds is 5. The van der Waals surface area contributed by atoms with Gasteiger partial charge in [-0.25, -0.2) is 0 Å². The van der Waals surface area contributed by atoms with E-state index in [1.807, 2.05) is 0 Å². The van der Waals surface area contributed by atoms with E-state index in [1.165, 1.54) is 16.8 Å². The zero-order valence-corrected chi connectivity index (χ0v) is 13.3. The second-order valence-electron chi connectivity index (χ2n) is 4.71. The highest BCUT2D eigenvalue weighted by molar-refractivity contribution is 9.10. The lowest BCUT2D eigenvalue weighted by Gasteiger charge is -2.06. The molecule has 0 aliphatic rings. The van der Waals surface area contributed by atoms with Crippen LogP contribution in [0.4, 0.5) is 0 Å². The molecule has 0 amide bonds. The van der Waals surface area contributed by atoms with Crippen LogP contribution in [-0.4, -0.2) is 16.3 Å². The van der Waals surface area contributed by atoms with Gasteiger partial charge in [0.25, 0.3) is 0 Å². The molecule has 1 aromatic heterocycles. The van der Waals surface area contributed by atoms with E-state index in [9.17, 15) is 0 Å². The van der Waals surface area contributed by atoms with Crippen molar-refractivity contribution in [2.75, 3.05) is 6.54 Å². The summed E-state index contributed by atoms with van der Waals surface area (Å²) in [6, 6.07) is 8.40. The number of hydrogen-bond acceptors (Lipinski definition) is 2. The Labute approximate surface area is 123 Å². The summed E-state index contributed by atoms with van der Waals surface area (Å²) in [6.07, 6.45) is 0. The number of nitrogens with zero attached hydrogens (tertiary/aromatic N) is 2. The minimum Gasteiger partial charge on any atom is -0.313 e. The zero-order valence-electron chi connectivity index (χ0n) is 11.7. The number of aryl methyl sites for hydroxylation is 1. The van der Waals surface area contributed by atoms with Gasteiger partial charge in [-0.2, -0.15) is 5.10 Å². The van der Waals surface area contributed by atoms with Crippen molar-refractivity contribution in [3.63, 3.8) is 0 Å². The molecule has 1 aromatic carbocycles. The van der Waals surface area contributed by atoms with E-state index in [0.717, 1.165) is 29.8 Å². The standard InChI is InChI=1S/C15H20BrN3/c1-4-17-9-15-11(2)18-19(12(15)3)10-13-5-7-14(16)8-6-13/h5-8,17H,4,9-10H2,1-3H3. The van der Waals surface area contributed by atoms with Crippen molar-refractivity contribution in [2.24, 2.45) is 0 Å². The fraction of sp³-hybridized carbons (Fsp3) is 0.400. The van der Waals surface area contributed by atoms with E-state index in [-0.39, 0.29) is 0 Å². The van der Waals surface area contributed by atoms with Gasteiger partial charge in [-0.3, -0.25) is 4.68 Å². The number of hydrogen-bond donors (Lipinski definition) is 1. The Morgan fingerprint density at radius 1 is 1.21 bits per heavy atom. The van der Waals surface area contributed by atoms with Crippen LogP contribution in [-0.2, 0) is 13.1 Å². The van der Waals surface area contributed by atoms with Crippen molar-refractivity contribution in [1.82, 2.24) is 15.1 Å². The lowest BCUT2D eigenvalue weighted by atomic mass is 10.2. The quantitative estimate of drug-likeness (QED) is 0.914. The maximum Gasteiger partial charge on any atom is 0.0662 e. The molecule has 0 saturated carbocycles. The largest absolute Gasteiger partial charge is 0.313 e. The van der Waals surface area contributed by atoms with Crippen molar-refractivity contribution in [3.8, 4) is 0 Å². The van der Waals surface area contributed by atoms with E-state index < -0.39 is 0 Å². The molecule has 1 N–H and O–H groups in total. The van der Waals surface area contributed by atoms with E-state index in [0.29, 0.717) is 0 Å². The van der Waals surface area contributed by atoms with Gasteiger partial charge in [0.15, 0.2) is 0 Å². The summed E-state index contributed by atoms with van der Waals surface area (Å²) in [5.74, 6) is 0. The molecule has 3 nitrogen and oxygen atoms in total. The summed E-state index contributed by atoms with van der Waals surface area (Å²) in [5.41, 5.74) is 4.96. The molecule has 0 atom stereocenters. The first-order chi connectivity index (χ1) is 9.11. The predicted octanol–water partition coefficient (Wildman–Crippen LogP) is 3.42. The molecule has 0 bridgehead atoms. The van der Waals surface area contributed by atoms with Crippen LogP contribution in [0.2, 0.25) is 0 Å². The Hall–Kier alpha value is -1.13. The third-order valence-electron chi connectivity index (χ3n) is 3.33. The molecule has 0 aliphatic heterocycles. The van der Waals surface area contributed by atoms with Crippen molar-refractivity contribution in [2.45, 2.75) is 33.9 Å². The Bertz CT molecular complexity index is 543. The van der Waals surface area contributed by atoms with Crippen LogP contribution in [0.15, 0.2) is 28.7 Å². The molecular weight excluding hydrogens is 302 g/mol. The van der Waals surface area contributed by atoms with Crippen molar-refractivity contribution >= 4 is 15.9 Å². The second kappa shape index (κ2) is 6.35. The van der Waals surface area contributed by atoms with Gasteiger partial charge in [0.2, 0.25) is 0 Å². The molecule has 0 radical (unpaired) electrons. The number of benzene rings is 1. The Morgan fingerprint density at radius 2 is 1.89 bits per heavy atom. The van der Waals surface area contributed by atoms with Crippen LogP contribution in [0.3, 0.4) is 0 Å². The average molecular weight is 322 g/mol. The van der Waals surface area contributed by atoms with E-state index in [1.54, 1.807) is 0 Å². The zero-order chi connectivity index (χ0) is 13.8. The first-order valence-corrected chi connectivity index (χ1v) is 7.39. The molecule has 0 unspecified atom stereocenters. The smallest absolute Gasteiger partial charge is 0.0662 e. The third-order valence-corrected chi connectivity index (χ3v) is 3.86. The van der Waals surface area contributed by atoms with Gasteiger partial charge in [-0.15, -0.1) is 0 Å². The Morgan fingerprint density at radius 3 is 2.53 bits per heavy atom. The van der Waals surface area contributed by atoms with Gasteiger partial charge in [0.05, 0.1) is 12.2 Å². The monoisotopic (exact) mass is 321 g/mol. The van der Waals surface area contributed by atoms with E-state index >= 15 is 0 Å². The summed E-state index contributed by atoms with van der Waals surface area (Å²) < 4.78 is 3.20. The van der Waals surface area contributed by atoms with Gasteiger partial charge in [-0.1, -0.05) is 35.0 Å². The predicted molar refractivity (Wildman–Crippen MR) is 82.3 cm³/mol. The highest BCUT2D eigenvalue weighted by Crippen LogP contribution is 2.16. The summed E-state index contributed by atoms with van der Waals surface area (Å²) in [6.45, 7) is 9.05. The molecule has 19 heavy (non-hydrogen) atoms. The molecule has 2 aromatic rings. The minimum atomic E-state index is 0.825. The molecule has 102 valence electrons. The summed E-state index contributed by atoms with van der Waals surface area (Å²) in [5, 5.41) is 8.02. The highest BCUT2D eigenvalue weighted by atomic mass is 79.9. The van der Waals surface area contributed by atoms with Crippen LogP contribution in [0.5, 0.6) is 0 Å². The van der Waals surface area contributed by atoms with Crippen LogP contribution in [0.1, 0.15) is 29.4 Å². The third kappa shape index (κ3) is 3.45. The molecule has 2 rings (SSSR count). The molecule has 0 spiro atoms. The van der Waals surface area contributed by atoms with Crippen molar-refractivity contribution in [1.29, 1.82) is 0 Å². The molecule has 0 fully saturated rings. The first-order valence-electron chi connectivity index (χ1n) is 6.60. The van der Waals surface area contributed by atoms with Crippen molar-refractivity contribution in [3.05, 3.63) is 51.3 Å². The van der Waals surface area contributed by atoms with E-state index in [2.05, 4.69) is 76.1 Å². The van der Waals surface area contributed by atoms with Crippen LogP contribution < -0.4 is 5.32 Å². The second-order valence-corrected chi connectivity index (χ2v) is 5.63. The van der Waals surface area contributed by atoms with Gasteiger partial charge in [0, 0.05) is 22.3 Å². The molecular formula is C15H20BrN3. The summed E-state index contributed by atoms with van der Waals surface area (Å²) >= 11 is 3.46. The molecule has 0 aliphatic carbocycles. The maximum absolute atomic E-state index is 4.65. The topological polar surface area (TPSA) is 29.9 Å². The minimum absolute atomic E-state index is 0.825. The van der Waals surface area contributed by atoms with Gasteiger partial charge < -0.3 is 5.32 Å². The van der Waals surface area contributed by atoms with Crippen LogP contribution >= 0.6 is 15.9 Å². The summed E-state index contributed by atoms with van der Waals surface area (Å²) in [4.78, 5) is 0. The van der Waals surface area contributed by atoms with Gasteiger partial charge in [-0.05, 0) is 38.1 Å². The fourth-order valence-electron chi connectivity index (χ4n) is 2.16. The molecule has 4 heteroatoms. The highest BCUT2D eigenvalue weighted by Gasteiger charge is 2.10. The first kappa shape index (κ1) is 14.3. The van der Waals surface area contributed by atoms with Crippen molar-refractivity contribution < 1.29 is 0 Å². The van der Waals surface area contributed by atoms with Gasteiger partial charge >= 0.3 is 0 Å². The Balaban J connectivity index is 2.19.